The molecule has 0 spiro atoms. The summed E-state index contributed by atoms with van der Waals surface area (Å²) >= 11 is 7.17. The Morgan fingerprint density at radius 1 is 1.83 bits per heavy atom. The van der Waals surface area contributed by atoms with Crippen molar-refractivity contribution < 1.29 is 0 Å². The second-order valence-corrected chi connectivity index (χ2v) is 2.71. The molecule has 6 heavy (non-hydrogen) atoms. The Labute approximate surface area is 46.6 Å². The molecule has 0 amide bonds. The van der Waals surface area contributed by atoms with Crippen LogP contribution in [0.1, 0.15) is 0 Å². The van der Waals surface area contributed by atoms with Gasteiger partial charge >= 0.3 is 0 Å². The van der Waals surface area contributed by atoms with Crippen LogP contribution < -0.4 is 0 Å². The monoisotopic (exact) mass is 119 g/mol. The average Bonchev–Trinajstić information content (AvgIpc) is 1.86. The van der Waals surface area contributed by atoms with E-state index < -0.39 is 0 Å². The van der Waals surface area contributed by atoms with Crippen molar-refractivity contribution in [3.63, 3.8) is 0 Å². The smallest absolute Gasteiger partial charge is 0.128 e. The van der Waals surface area contributed by atoms with Crippen molar-refractivity contribution in [1.82, 2.24) is 0 Å². The summed E-state index contributed by atoms with van der Waals surface area (Å²) in [5.74, 6) is 1.05. The minimum atomic E-state index is 0.912. The fraction of sp³-hybridized carbons (Fsp3) is 0.250. The topological polar surface area (TPSA) is 0 Å². The highest BCUT2D eigenvalue weighted by Crippen LogP contribution is 2.29. The van der Waals surface area contributed by atoms with E-state index in [-0.39, 0.29) is 0 Å². The van der Waals surface area contributed by atoms with Gasteiger partial charge in [0.05, 0.1) is 0 Å². The van der Waals surface area contributed by atoms with Crippen LogP contribution in [0.15, 0.2) is 12.2 Å². The van der Waals surface area contributed by atoms with E-state index in [9.17, 15) is 0 Å². The first kappa shape index (κ1) is 4.54. The predicted molar refractivity (Wildman–Crippen MR) is 30.7 cm³/mol. The second kappa shape index (κ2) is 1.90. The summed E-state index contributed by atoms with van der Waals surface area (Å²) in [5.41, 5.74) is 0. The van der Waals surface area contributed by atoms with Gasteiger partial charge in [0.2, 0.25) is 0 Å². The molecule has 2 heteroatoms. The Kier molecular flexibility index (Phi) is 1.43. The summed E-state index contributed by atoms with van der Waals surface area (Å²) in [6, 6.07) is 0. The molecule has 0 nitrogen and oxygen atoms in total. The van der Waals surface area contributed by atoms with E-state index in [1.807, 2.05) is 12.2 Å². The summed E-state index contributed by atoms with van der Waals surface area (Å²) in [5, 5.41) is 0. The van der Waals surface area contributed by atoms with Gasteiger partial charge in [-0.1, -0.05) is 23.8 Å². The second-order valence-electron chi connectivity index (χ2n) is 1.02. The van der Waals surface area contributed by atoms with E-state index in [1.54, 1.807) is 11.8 Å². The Balaban J connectivity index is 2.38. The van der Waals surface area contributed by atoms with Crippen LogP contribution in [-0.2, 0) is 0 Å². The molecule has 0 bridgehead atoms. The predicted octanol–water partition coefficient (Wildman–Crippen LogP) is 2.02. The molecule has 33 valence electrons. The van der Waals surface area contributed by atoms with E-state index in [4.69, 9.17) is 11.6 Å². The molecule has 0 saturated carbocycles. The van der Waals surface area contributed by atoms with Gasteiger partial charge in [0.1, 0.15) is 4.71 Å². The van der Waals surface area contributed by atoms with Crippen molar-refractivity contribution in [2.24, 2.45) is 0 Å². The van der Waals surface area contributed by atoms with Crippen molar-refractivity contribution in [3.05, 3.63) is 16.9 Å². The van der Waals surface area contributed by atoms with Gasteiger partial charge in [-0.3, -0.25) is 0 Å². The molecule has 0 N–H and O–H groups in total. The highest BCUT2D eigenvalue weighted by Gasteiger charge is 2.03. The van der Waals surface area contributed by atoms with Crippen LogP contribution >= 0.6 is 23.4 Å². The number of rotatable bonds is 0. The molecular formula is C4H4ClS. The molecule has 1 aliphatic rings. The maximum Gasteiger partial charge on any atom is 0.140 e. The quantitative estimate of drug-likeness (QED) is 0.470. The van der Waals surface area contributed by atoms with Gasteiger partial charge in [-0.15, -0.1) is 11.8 Å². The molecule has 0 saturated heterocycles. The first-order valence-electron chi connectivity index (χ1n) is 1.71. The zero-order chi connectivity index (χ0) is 4.41. The minimum Gasteiger partial charge on any atom is -0.128 e. The van der Waals surface area contributed by atoms with Gasteiger partial charge in [0.25, 0.3) is 0 Å². The SMILES string of the molecule is Cl[C]1C=CCS1. The Morgan fingerprint density at radius 3 is 2.83 bits per heavy atom. The zero-order valence-corrected chi connectivity index (χ0v) is 4.72. The molecule has 1 heterocycles. The summed E-state index contributed by atoms with van der Waals surface area (Å²) in [6.45, 7) is 0. The van der Waals surface area contributed by atoms with E-state index in [0.717, 1.165) is 10.5 Å². The largest absolute Gasteiger partial charge is 0.140 e. The molecule has 0 atom stereocenters. The third-order valence-electron chi connectivity index (χ3n) is 0.566. The fourth-order valence-electron chi connectivity index (χ4n) is 0.317. The van der Waals surface area contributed by atoms with Crippen molar-refractivity contribution >= 4 is 23.4 Å². The van der Waals surface area contributed by atoms with Crippen LogP contribution in [0.4, 0.5) is 0 Å². The zero-order valence-electron chi connectivity index (χ0n) is 3.15. The molecule has 1 rings (SSSR count). The van der Waals surface area contributed by atoms with Crippen LogP contribution in [-0.4, -0.2) is 5.75 Å². The summed E-state index contributed by atoms with van der Waals surface area (Å²) < 4.78 is 0.912. The van der Waals surface area contributed by atoms with Gasteiger partial charge in [-0.25, -0.2) is 0 Å². The standard InChI is InChI=1S/C4H4ClS/c5-4-2-1-3-6-4/h1-2H,3H2. The van der Waals surface area contributed by atoms with E-state index >= 15 is 0 Å². The van der Waals surface area contributed by atoms with Gasteiger partial charge in [0, 0.05) is 5.75 Å². The minimum absolute atomic E-state index is 0.912. The van der Waals surface area contributed by atoms with Crippen LogP contribution in [0, 0.1) is 4.71 Å². The molecule has 0 fully saturated rings. The lowest BCUT2D eigenvalue weighted by molar-refractivity contribution is 1.82. The molecule has 0 aliphatic carbocycles. The maximum absolute atomic E-state index is 5.51. The van der Waals surface area contributed by atoms with Crippen LogP contribution in [0.5, 0.6) is 0 Å². The molecular weight excluding hydrogens is 116 g/mol. The van der Waals surface area contributed by atoms with Crippen molar-refractivity contribution in [2.75, 3.05) is 5.75 Å². The van der Waals surface area contributed by atoms with Gasteiger partial charge in [-0.05, 0) is 0 Å². The van der Waals surface area contributed by atoms with E-state index in [0.29, 0.717) is 0 Å². The molecule has 1 radical (unpaired) electrons. The summed E-state index contributed by atoms with van der Waals surface area (Å²) in [4.78, 5) is 0. The van der Waals surface area contributed by atoms with Crippen LogP contribution in [0.3, 0.4) is 0 Å². The highest BCUT2D eigenvalue weighted by molar-refractivity contribution is 8.04. The lowest BCUT2D eigenvalue weighted by Crippen LogP contribution is -1.59. The Hall–Kier alpha value is 0.380. The summed E-state index contributed by atoms with van der Waals surface area (Å²) in [6.07, 6.45) is 3.97. The first-order chi connectivity index (χ1) is 2.89. The van der Waals surface area contributed by atoms with E-state index in [1.165, 1.54) is 0 Å². The number of hydrogen-bond acceptors (Lipinski definition) is 1. The third kappa shape index (κ3) is 0.919. The molecule has 0 aromatic carbocycles. The van der Waals surface area contributed by atoms with Crippen LogP contribution in [0.2, 0.25) is 0 Å². The van der Waals surface area contributed by atoms with E-state index in [2.05, 4.69) is 0 Å². The van der Waals surface area contributed by atoms with Crippen molar-refractivity contribution in [1.29, 1.82) is 0 Å². The molecule has 0 aromatic rings. The third-order valence-corrected chi connectivity index (χ3v) is 1.79. The number of halogens is 1. The average molecular weight is 120 g/mol. The maximum atomic E-state index is 5.51. The normalized spacial score (nSPS) is 22.8. The molecule has 1 aliphatic heterocycles. The Bertz CT molecular complexity index is 69.9. The van der Waals surface area contributed by atoms with Crippen LogP contribution in [0.25, 0.3) is 0 Å². The first-order valence-corrected chi connectivity index (χ1v) is 3.08. The summed E-state index contributed by atoms with van der Waals surface area (Å²) in [7, 11) is 0. The lowest BCUT2D eigenvalue weighted by Gasteiger charge is -1.84. The highest BCUT2D eigenvalue weighted by atomic mass is 35.5. The lowest BCUT2D eigenvalue weighted by atomic mass is 10.6. The van der Waals surface area contributed by atoms with Gasteiger partial charge < -0.3 is 0 Å². The molecule has 0 aromatic heterocycles. The van der Waals surface area contributed by atoms with Crippen molar-refractivity contribution in [3.8, 4) is 0 Å². The molecule has 0 unspecified atom stereocenters. The Morgan fingerprint density at radius 2 is 2.67 bits per heavy atom. The van der Waals surface area contributed by atoms with Gasteiger partial charge in [0.15, 0.2) is 0 Å². The van der Waals surface area contributed by atoms with Gasteiger partial charge in [-0.2, -0.15) is 0 Å². The number of hydrogen-bond donors (Lipinski definition) is 0. The van der Waals surface area contributed by atoms with Crippen molar-refractivity contribution in [2.45, 2.75) is 0 Å². The fourth-order valence-corrected chi connectivity index (χ4v) is 1.14. The number of thioether (sulfide) groups is 1.